The number of fused-ring (bicyclic) bond motifs is 1. The number of carbonyl (C=O) groups is 1. The number of hydrogen-bond donors (Lipinski definition) is 2. The van der Waals surface area contributed by atoms with Crippen LogP contribution in [0, 0.1) is 6.92 Å². The SMILES string of the molecule is COCC(CCO)n1c(C)nc2ccc(C(=O)O)cc21. The summed E-state index contributed by atoms with van der Waals surface area (Å²) in [7, 11) is 1.60. The molecule has 1 aromatic heterocycles. The number of methoxy groups -OCH3 is 1. The summed E-state index contributed by atoms with van der Waals surface area (Å²) in [6.07, 6.45) is 0.525. The van der Waals surface area contributed by atoms with Crippen molar-refractivity contribution in [2.75, 3.05) is 20.3 Å². The lowest BCUT2D eigenvalue weighted by Crippen LogP contribution is -2.17. The van der Waals surface area contributed by atoms with E-state index in [0.717, 1.165) is 16.9 Å². The average Bonchev–Trinajstić information content (AvgIpc) is 2.73. The number of carboxylic acid groups (broad SMARTS) is 1. The van der Waals surface area contributed by atoms with E-state index in [1.165, 1.54) is 0 Å². The van der Waals surface area contributed by atoms with Crippen molar-refractivity contribution in [3.8, 4) is 0 Å². The van der Waals surface area contributed by atoms with E-state index < -0.39 is 5.97 Å². The van der Waals surface area contributed by atoms with Gasteiger partial charge in [-0.2, -0.15) is 0 Å². The Morgan fingerprint density at radius 1 is 1.50 bits per heavy atom. The monoisotopic (exact) mass is 278 g/mol. The number of benzene rings is 1. The molecule has 0 saturated heterocycles. The van der Waals surface area contributed by atoms with Crippen LogP contribution in [0.2, 0.25) is 0 Å². The summed E-state index contributed by atoms with van der Waals surface area (Å²) < 4.78 is 7.12. The van der Waals surface area contributed by atoms with Crippen LogP contribution in [0.25, 0.3) is 11.0 Å². The van der Waals surface area contributed by atoms with Gasteiger partial charge in [0.15, 0.2) is 0 Å². The fraction of sp³-hybridized carbons (Fsp3) is 0.429. The third-order valence-corrected chi connectivity index (χ3v) is 3.30. The van der Waals surface area contributed by atoms with Crippen molar-refractivity contribution in [3.05, 3.63) is 29.6 Å². The Morgan fingerprint density at radius 3 is 2.85 bits per heavy atom. The third-order valence-electron chi connectivity index (χ3n) is 3.30. The molecule has 0 fully saturated rings. The smallest absolute Gasteiger partial charge is 0.335 e. The molecule has 1 unspecified atom stereocenters. The van der Waals surface area contributed by atoms with E-state index in [1.54, 1.807) is 25.3 Å². The molecule has 0 bridgehead atoms. The van der Waals surface area contributed by atoms with Gasteiger partial charge in [0.1, 0.15) is 5.82 Å². The van der Waals surface area contributed by atoms with Crippen LogP contribution in [0.5, 0.6) is 0 Å². The number of aliphatic hydroxyl groups is 1. The van der Waals surface area contributed by atoms with Crippen LogP contribution in [-0.4, -0.2) is 46.1 Å². The summed E-state index contributed by atoms with van der Waals surface area (Å²) in [4.78, 5) is 15.5. The van der Waals surface area contributed by atoms with Gasteiger partial charge in [-0.3, -0.25) is 0 Å². The molecule has 0 aliphatic heterocycles. The highest BCUT2D eigenvalue weighted by atomic mass is 16.5. The van der Waals surface area contributed by atoms with Gasteiger partial charge < -0.3 is 19.5 Å². The lowest BCUT2D eigenvalue weighted by atomic mass is 10.1. The summed E-state index contributed by atoms with van der Waals surface area (Å²) in [6, 6.07) is 4.78. The molecule has 108 valence electrons. The van der Waals surface area contributed by atoms with Crippen LogP contribution in [0.4, 0.5) is 0 Å². The number of rotatable bonds is 6. The summed E-state index contributed by atoms with van der Waals surface area (Å²) in [5, 5.41) is 18.3. The zero-order valence-electron chi connectivity index (χ0n) is 11.5. The number of carboxylic acids is 1. The molecule has 1 aromatic carbocycles. The normalized spacial score (nSPS) is 12.8. The Bertz CT molecular complexity index is 615. The van der Waals surface area contributed by atoms with Crippen LogP contribution < -0.4 is 0 Å². The fourth-order valence-corrected chi connectivity index (χ4v) is 2.44. The Morgan fingerprint density at radius 2 is 2.25 bits per heavy atom. The maximum absolute atomic E-state index is 11.1. The molecule has 2 rings (SSSR count). The molecule has 1 atom stereocenters. The molecule has 20 heavy (non-hydrogen) atoms. The highest BCUT2D eigenvalue weighted by molar-refractivity contribution is 5.92. The zero-order chi connectivity index (χ0) is 14.7. The van der Waals surface area contributed by atoms with Gasteiger partial charge in [0.2, 0.25) is 0 Å². The highest BCUT2D eigenvalue weighted by Crippen LogP contribution is 2.24. The molecule has 1 heterocycles. The topological polar surface area (TPSA) is 84.6 Å². The zero-order valence-corrected chi connectivity index (χ0v) is 11.5. The number of hydrogen-bond acceptors (Lipinski definition) is 4. The van der Waals surface area contributed by atoms with E-state index in [0.29, 0.717) is 13.0 Å². The van der Waals surface area contributed by atoms with Crippen LogP contribution in [0.15, 0.2) is 18.2 Å². The molecule has 2 aromatic rings. The molecule has 6 heteroatoms. The van der Waals surface area contributed by atoms with Gasteiger partial charge in [0, 0.05) is 13.7 Å². The average molecular weight is 278 g/mol. The molecule has 2 N–H and O–H groups in total. The Hall–Kier alpha value is -1.92. The summed E-state index contributed by atoms with van der Waals surface area (Å²) in [6.45, 7) is 2.33. The van der Waals surface area contributed by atoms with Crippen molar-refractivity contribution >= 4 is 17.0 Å². The second-order valence-electron chi connectivity index (χ2n) is 4.66. The Labute approximate surface area is 116 Å². The minimum absolute atomic E-state index is 0.0335. The number of aromatic carboxylic acids is 1. The number of aromatic nitrogens is 2. The van der Waals surface area contributed by atoms with Crippen molar-refractivity contribution in [1.29, 1.82) is 0 Å². The number of ether oxygens (including phenoxy) is 1. The second kappa shape index (κ2) is 6.02. The summed E-state index contributed by atoms with van der Waals surface area (Å²) in [5.74, 6) is -0.194. The van der Waals surface area contributed by atoms with Crippen LogP contribution in [-0.2, 0) is 4.74 Å². The first-order valence-corrected chi connectivity index (χ1v) is 6.40. The van der Waals surface area contributed by atoms with E-state index in [4.69, 9.17) is 9.84 Å². The molecule has 0 radical (unpaired) electrons. The quantitative estimate of drug-likeness (QED) is 0.838. The Balaban J connectivity index is 2.57. The largest absolute Gasteiger partial charge is 0.478 e. The van der Waals surface area contributed by atoms with E-state index in [-0.39, 0.29) is 18.2 Å². The predicted octanol–water partition coefficient (Wildman–Crippen LogP) is 1.61. The maximum atomic E-state index is 11.1. The number of imidazole rings is 1. The van der Waals surface area contributed by atoms with Crippen molar-refractivity contribution in [2.24, 2.45) is 0 Å². The minimum Gasteiger partial charge on any atom is -0.478 e. The van der Waals surface area contributed by atoms with Gasteiger partial charge in [0.05, 0.1) is 29.2 Å². The van der Waals surface area contributed by atoms with Crippen molar-refractivity contribution in [2.45, 2.75) is 19.4 Å². The van der Waals surface area contributed by atoms with Crippen LogP contribution in [0.1, 0.15) is 28.6 Å². The lowest BCUT2D eigenvalue weighted by Gasteiger charge is -2.19. The first-order valence-electron chi connectivity index (χ1n) is 6.40. The molecule has 0 spiro atoms. The first-order chi connectivity index (χ1) is 9.58. The van der Waals surface area contributed by atoms with Gasteiger partial charge in [-0.1, -0.05) is 0 Å². The molecular formula is C14H18N2O4. The molecule has 0 aliphatic rings. The predicted molar refractivity (Wildman–Crippen MR) is 74.0 cm³/mol. The molecule has 0 amide bonds. The van der Waals surface area contributed by atoms with Gasteiger partial charge in [0.25, 0.3) is 0 Å². The summed E-state index contributed by atoms with van der Waals surface area (Å²) >= 11 is 0. The van der Waals surface area contributed by atoms with Gasteiger partial charge in [-0.25, -0.2) is 9.78 Å². The summed E-state index contributed by atoms with van der Waals surface area (Å²) in [5.41, 5.74) is 1.71. The van der Waals surface area contributed by atoms with Crippen molar-refractivity contribution in [1.82, 2.24) is 9.55 Å². The maximum Gasteiger partial charge on any atom is 0.335 e. The second-order valence-corrected chi connectivity index (χ2v) is 4.66. The van der Waals surface area contributed by atoms with Gasteiger partial charge >= 0.3 is 5.97 Å². The minimum atomic E-state index is -0.970. The molecule has 0 aliphatic carbocycles. The molecular weight excluding hydrogens is 260 g/mol. The van der Waals surface area contributed by atoms with E-state index in [2.05, 4.69) is 4.98 Å². The van der Waals surface area contributed by atoms with Crippen molar-refractivity contribution < 1.29 is 19.7 Å². The fourth-order valence-electron chi connectivity index (χ4n) is 2.44. The van der Waals surface area contributed by atoms with Crippen molar-refractivity contribution in [3.63, 3.8) is 0 Å². The Kier molecular flexibility index (Phi) is 4.36. The third kappa shape index (κ3) is 2.66. The molecule has 6 nitrogen and oxygen atoms in total. The standard InChI is InChI=1S/C14H18N2O4/c1-9-15-12-4-3-10(14(18)19)7-13(12)16(9)11(5-6-17)8-20-2/h3-4,7,11,17H,5-6,8H2,1-2H3,(H,18,19). The number of aliphatic hydroxyl groups excluding tert-OH is 1. The highest BCUT2D eigenvalue weighted by Gasteiger charge is 2.18. The van der Waals surface area contributed by atoms with Gasteiger partial charge in [-0.05, 0) is 31.5 Å². The van der Waals surface area contributed by atoms with E-state index >= 15 is 0 Å². The number of aryl methyl sites for hydroxylation is 1. The van der Waals surface area contributed by atoms with E-state index in [9.17, 15) is 9.90 Å². The number of nitrogens with zero attached hydrogens (tertiary/aromatic N) is 2. The molecule has 0 saturated carbocycles. The van der Waals surface area contributed by atoms with Crippen LogP contribution >= 0.6 is 0 Å². The van der Waals surface area contributed by atoms with Crippen LogP contribution in [0.3, 0.4) is 0 Å². The lowest BCUT2D eigenvalue weighted by molar-refractivity contribution is 0.0697. The van der Waals surface area contributed by atoms with E-state index in [1.807, 2.05) is 11.5 Å². The van der Waals surface area contributed by atoms with Gasteiger partial charge in [-0.15, -0.1) is 0 Å². The first kappa shape index (κ1) is 14.5.